The predicted octanol–water partition coefficient (Wildman–Crippen LogP) is 4.02. The quantitative estimate of drug-likeness (QED) is 0.522. The van der Waals surface area contributed by atoms with Crippen LogP contribution in [-0.2, 0) is 16.3 Å². The molecule has 0 aliphatic carbocycles. The van der Waals surface area contributed by atoms with Crippen LogP contribution in [0.15, 0.2) is 73.1 Å². The van der Waals surface area contributed by atoms with Crippen LogP contribution in [0.4, 0.5) is 11.5 Å². The molecule has 4 rings (SSSR count). The topological polar surface area (TPSA) is 84.8 Å². The summed E-state index contributed by atoms with van der Waals surface area (Å²) in [5.41, 5.74) is 3.59. The van der Waals surface area contributed by atoms with Crippen LogP contribution in [0.2, 0.25) is 0 Å². The molecule has 2 heterocycles. The molecule has 2 aromatic heterocycles. The van der Waals surface area contributed by atoms with Gasteiger partial charge in [-0.2, -0.15) is 0 Å². The Labute approximate surface area is 169 Å². The summed E-state index contributed by atoms with van der Waals surface area (Å²) in [7, 11) is -2.97. The van der Waals surface area contributed by atoms with Gasteiger partial charge in [0.25, 0.3) is 0 Å². The third kappa shape index (κ3) is 4.75. The maximum absolute atomic E-state index is 11.4. The second kappa shape index (κ2) is 7.97. The number of sulfone groups is 1. The molecule has 0 bridgehead atoms. The fraction of sp³-hybridized carbons (Fsp3) is 0.136. The second-order valence-corrected chi connectivity index (χ2v) is 9.11. The van der Waals surface area contributed by atoms with E-state index in [1.807, 2.05) is 60.7 Å². The van der Waals surface area contributed by atoms with Gasteiger partial charge in [0.2, 0.25) is 0 Å². The van der Waals surface area contributed by atoms with E-state index in [1.54, 1.807) is 12.4 Å². The molecule has 0 aliphatic heterocycles. The van der Waals surface area contributed by atoms with Crippen molar-refractivity contribution in [2.24, 2.45) is 0 Å². The largest absolute Gasteiger partial charge is 0.340 e. The summed E-state index contributed by atoms with van der Waals surface area (Å²) in [6.45, 7) is 0. The number of aryl methyl sites for hydroxylation is 1. The van der Waals surface area contributed by atoms with Gasteiger partial charge in [-0.15, -0.1) is 0 Å². The van der Waals surface area contributed by atoms with Crippen LogP contribution in [0.3, 0.4) is 0 Å². The van der Waals surface area contributed by atoms with Gasteiger partial charge in [-0.3, -0.25) is 4.98 Å². The summed E-state index contributed by atoms with van der Waals surface area (Å²) in [5, 5.41) is 4.29. The van der Waals surface area contributed by atoms with E-state index in [0.29, 0.717) is 18.1 Å². The molecule has 4 aromatic rings. The Morgan fingerprint density at radius 2 is 1.62 bits per heavy atom. The Morgan fingerprint density at radius 1 is 0.897 bits per heavy atom. The fourth-order valence-corrected chi connectivity index (χ4v) is 3.60. The maximum atomic E-state index is 11.4. The van der Waals surface area contributed by atoms with E-state index in [2.05, 4.69) is 15.3 Å². The molecule has 2 aromatic carbocycles. The van der Waals surface area contributed by atoms with Crippen LogP contribution in [0.1, 0.15) is 5.56 Å². The van der Waals surface area contributed by atoms with E-state index in [4.69, 9.17) is 4.98 Å². The van der Waals surface area contributed by atoms with Gasteiger partial charge in [-0.25, -0.2) is 18.4 Å². The minimum atomic E-state index is -2.97. The zero-order chi connectivity index (χ0) is 20.3. The molecule has 0 saturated heterocycles. The average Bonchev–Trinajstić information content (AvgIpc) is 2.73. The van der Waals surface area contributed by atoms with Gasteiger partial charge in [-0.05, 0) is 48.4 Å². The third-order valence-electron chi connectivity index (χ3n) is 4.52. The maximum Gasteiger partial charge on any atom is 0.162 e. The van der Waals surface area contributed by atoms with Crippen molar-refractivity contribution in [1.29, 1.82) is 0 Å². The van der Waals surface area contributed by atoms with Gasteiger partial charge in [0.05, 0.1) is 11.3 Å². The molecular formula is C22H20N4O2S. The Hall–Kier alpha value is -3.32. The average molecular weight is 404 g/mol. The first-order valence-electron chi connectivity index (χ1n) is 9.19. The number of hydrogen-bond donors (Lipinski definition) is 1. The zero-order valence-electron chi connectivity index (χ0n) is 15.9. The van der Waals surface area contributed by atoms with Gasteiger partial charge in [-0.1, -0.05) is 24.3 Å². The number of benzene rings is 2. The van der Waals surface area contributed by atoms with Crippen LogP contribution in [0.5, 0.6) is 0 Å². The molecule has 0 atom stereocenters. The Bertz CT molecular complexity index is 1240. The molecule has 0 aliphatic rings. The van der Waals surface area contributed by atoms with Crippen molar-refractivity contribution in [2.45, 2.75) is 6.42 Å². The lowest BCUT2D eigenvalue weighted by atomic mass is 10.1. The molecule has 0 fully saturated rings. The first-order valence-corrected chi connectivity index (χ1v) is 11.2. The Morgan fingerprint density at radius 3 is 2.34 bits per heavy atom. The van der Waals surface area contributed by atoms with E-state index >= 15 is 0 Å². The lowest BCUT2D eigenvalue weighted by molar-refractivity contribution is 0.601. The molecule has 0 radical (unpaired) electrons. The molecule has 29 heavy (non-hydrogen) atoms. The summed E-state index contributed by atoms with van der Waals surface area (Å²) in [5.74, 6) is 1.48. The van der Waals surface area contributed by atoms with Crippen molar-refractivity contribution in [2.75, 3.05) is 17.3 Å². The van der Waals surface area contributed by atoms with Crippen LogP contribution in [-0.4, -0.2) is 35.4 Å². The molecule has 6 nitrogen and oxygen atoms in total. The highest BCUT2D eigenvalue weighted by Crippen LogP contribution is 2.27. The van der Waals surface area contributed by atoms with E-state index < -0.39 is 9.84 Å². The van der Waals surface area contributed by atoms with Crippen molar-refractivity contribution < 1.29 is 8.42 Å². The van der Waals surface area contributed by atoms with Crippen LogP contribution in [0, 0.1) is 0 Å². The number of para-hydroxylation sites is 1. The van der Waals surface area contributed by atoms with E-state index in [9.17, 15) is 8.42 Å². The van der Waals surface area contributed by atoms with Crippen LogP contribution >= 0.6 is 0 Å². The van der Waals surface area contributed by atoms with Crippen molar-refractivity contribution in [1.82, 2.24) is 15.0 Å². The molecule has 1 N–H and O–H groups in total. The van der Waals surface area contributed by atoms with Gasteiger partial charge in [0, 0.05) is 35.3 Å². The summed E-state index contributed by atoms with van der Waals surface area (Å²) < 4.78 is 22.7. The molecule has 146 valence electrons. The standard InChI is InChI=1S/C22H20N4O2S/c1-29(27,28)15-12-16-6-8-18(9-7-16)24-22-19-4-2-3-5-20(19)25-21(26-22)17-10-13-23-14-11-17/h2-11,13-14H,12,15H2,1H3,(H,24,25,26). The van der Waals surface area contributed by atoms with Gasteiger partial charge in [0.1, 0.15) is 15.7 Å². The van der Waals surface area contributed by atoms with Crippen molar-refractivity contribution >= 4 is 32.2 Å². The Balaban J connectivity index is 1.65. The number of aromatic nitrogens is 3. The molecular weight excluding hydrogens is 384 g/mol. The number of nitrogens with one attached hydrogen (secondary N) is 1. The smallest absolute Gasteiger partial charge is 0.162 e. The van der Waals surface area contributed by atoms with Gasteiger partial charge < -0.3 is 5.32 Å². The van der Waals surface area contributed by atoms with Gasteiger partial charge in [0.15, 0.2) is 5.82 Å². The molecule has 0 saturated carbocycles. The molecule has 0 spiro atoms. The number of rotatable bonds is 6. The van der Waals surface area contributed by atoms with Crippen LogP contribution in [0.25, 0.3) is 22.3 Å². The number of anilines is 2. The Kier molecular flexibility index (Phi) is 5.22. The third-order valence-corrected chi connectivity index (χ3v) is 5.47. The lowest BCUT2D eigenvalue weighted by Crippen LogP contribution is -2.05. The highest BCUT2D eigenvalue weighted by molar-refractivity contribution is 7.90. The number of fused-ring (bicyclic) bond motifs is 1. The highest BCUT2D eigenvalue weighted by atomic mass is 32.2. The first kappa shape index (κ1) is 19.0. The monoisotopic (exact) mass is 404 g/mol. The fourth-order valence-electron chi connectivity index (χ4n) is 3.00. The normalized spacial score (nSPS) is 11.5. The molecule has 7 heteroatoms. The van der Waals surface area contributed by atoms with Gasteiger partial charge >= 0.3 is 0 Å². The summed E-state index contributed by atoms with van der Waals surface area (Å²) in [6, 6.07) is 19.3. The summed E-state index contributed by atoms with van der Waals surface area (Å²) in [6.07, 6.45) is 5.19. The van der Waals surface area contributed by atoms with Crippen molar-refractivity contribution in [3.05, 3.63) is 78.6 Å². The second-order valence-electron chi connectivity index (χ2n) is 6.85. The first-order chi connectivity index (χ1) is 14.0. The summed E-state index contributed by atoms with van der Waals surface area (Å²) >= 11 is 0. The highest BCUT2D eigenvalue weighted by Gasteiger charge is 2.10. The van der Waals surface area contributed by atoms with Crippen molar-refractivity contribution in [3.8, 4) is 11.4 Å². The van der Waals surface area contributed by atoms with E-state index in [0.717, 1.165) is 27.7 Å². The lowest BCUT2D eigenvalue weighted by Gasteiger charge is -2.11. The number of pyridine rings is 1. The number of hydrogen-bond acceptors (Lipinski definition) is 6. The SMILES string of the molecule is CS(=O)(=O)CCc1ccc(Nc2nc(-c3ccncc3)nc3ccccc23)cc1. The molecule has 0 amide bonds. The predicted molar refractivity (Wildman–Crippen MR) is 116 cm³/mol. The zero-order valence-corrected chi connectivity index (χ0v) is 16.7. The van der Waals surface area contributed by atoms with Crippen LogP contribution < -0.4 is 5.32 Å². The van der Waals surface area contributed by atoms with E-state index in [-0.39, 0.29) is 5.75 Å². The molecule has 0 unspecified atom stereocenters. The summed E-state index contributed by atoms with van der Waals surface area (Å²) in [4.78, 5) is 13.5. The minimum Gasteiger partial charge on any atom is -0.340 e. The minimum absolute atomic E-state index is 0.144. The number of nitrogens with zero attached hydrogens (tertiary/aromatic N) is 3. The van der Waals surface area contributed by atoms with Crippen molar-refractivity contribution in [3.63, 3.8) is 0 Å². The van der Waals surface area contributed by atoms with E-state index in [1.165, 1.54) is 6.26 Å².